The third-order valence-corrected chi connectivity index (χ3v) is 3.06. The van der Waals surface area contributed by atoms with Gasteiger partial charge in [0.2, 0.25) is 0 Å². The van der Waals surface area contributed by atoms with E-state index in [9.17, 15) is 4.79 Å². The van der Waals surface area contributed by atoms with E-state index >= 15 is 0 Å². The van der Waals surface area contributed by atoms with Crippen LogP contribution in [0.15, 0.2) is 0 Å². The molecule has 1 N–H and O–H groups in total. The molecule has 2 saturated heterocycles. The Kier molecular flexibility index (Phi) is 7.38. The molecule has 16 heavy (non-hydrogen) atoms. The van der Waals surface area contributed by atoms with Crippen LogP contribution in [0, 0.1) is 11.8 Å². The molecule has 2 aliphatic heterocycles. The summed E-state index contributed by atoms with van der Waals surface area (Å²) in [7, 11) is 0. The molecule has 0 bridgehead atoms. The maximum absolute atomic E-state index is 10.1. The van der Waals surface area contributed by atoms with E-state index < -0.39 is 0 Å². The maximum Gasteiger partial charge on any atom is 0.123 e. The summed E-state index contributed by atoms with van der Waals surface area (Å²) in [5.41, 5.74) is 0. The van der Waals surface area contributed by atoms with Gasteiger partial charge in [0, 0.05) is 39.0 Å². The molecule has 0 radical (unpaired) electrons. The molecule has 0 aliphatic carbocycles. The lowest BCUT2D eigenvalue weighted by molar-refractivity contribution is -0.113. The van der Waals surface area contributed by atoms with Crippen LogP contribution < -0.4 is 0 Å². The van der Waals surface area contributed by atoms with Crippen LogP contribution in [-0.2, 0) is 14.3 Å². The van der Waals surface area contributed by atoms with Gasteiger partial charge in [-0.15, -0.1) is 0 Å². The third kappa shape index (κ3) is 5.58. The standard InChI is InChI=1S/C6H12O2.C6H10O2/c2*7-5-6-1-3-8-4-2-6/h6-7H,1-5H2;5-6H,1-4H2. The molecule has 0 spiro atoms. The number of rotatable bonds is 2. The smallest absolute Gasteiger partial charge is 0.123 e. The van der Waals surface area contributed by atoms with Gasteiger partial charge in [-0.25, -0.2) is 0 Å². The lowest BCUT2D eigenvalue weighted by Gasteiger charge is -2.18. The Morgan fingerprint density at radius 2 is 1.50 bits per heavy atom. The quantitative estimate of drug-likeness (QED) is 0.719. The second-order valence-corrected chi connectivity index (χ2v) is 4.32. The number of hydrogen-bond donors (Lipinski definition) is 1. The van der Waals surface area contributed by atoms with Crippen molar-refractivity contribution in [3.63, 3.8) is 0 Å². The number of aldehydes is 1. The number of ether oxygens (including phenoxy) is 2. The fraction of sp³-hybridized carbons (Fsp3) is 0.917. The Hall–Kier alpha value is -0.450. The zero-order valence-electron chi connectivity index (χ0n) is 9.77. The second-order valence-electron chi connectivity index (χ2n) is 4.32. The number of hydrogen-bond acceptors (Lipinski definition) is 4. The summed E-state index contributed by atoms with van der Waals surface area (Å²) in [6.07, 6.45) is 4.95. The van der Waals surface area contributed by atoms with Crippen LogP contribution in [0.1, 0.15) is 25.7 Å². The van der Waals surface area contributed by atoms with Crippen molar-refractivity contribution in [2.75, 3.05) is 33.0 Å². The van der Waals surface area contributed by atoms with Crippen molar-refractivity contribution in [1.82, 2.24) is 0 Å². The Morgan fingerprint density at radius 3 is 1.81 bits per heavy atom. The zero-order valence-corrected chi connectivity index (χ0v) is 9.77. The Labute approximate surface area is 96.9 Å². The van der Waals surface area contributed by atoms with Gasteiger partial charge < -0.3 is 19.4 Å². The minimum absolute atomic E-state index is 0.281. The first-order valence-corrected chi connectivity index (χ1v) is 6.08. The van der Waals surface area contributed by atoms with E-state index in [0.717, 1.165) is 58.4 Å². The van der Waals surface area contributed by atoms with Crippen molar-refractivity contribution in [3.05, 3.63) is 0 Å². The summed E-state index contributed by atoms with van der Waals surface area (Å²) in [6, 6.07) is 0. The molecule has 0 atom stereocenters. The highest BCUT2D eigenvalue weighted by molar-refractivity contribution is 5.53. The Bertz CT molecular complexity index is 172. The molecule has 2 heterocycles. The molecular formula is C12H22O4. The number of aliphatic hydroxyl groups excluding tert-OH is 1. The van der Waals surface area contributed by atoms with Crippen molar-refractivity contribution in [3.8, 4) is 0 Å². The van der Waals surface area contributed by atoms with Gasteiger partial charge in [0.15, 0.2) is 0 Å². The summed E-state index contributed by atoms with van der Waals surface area (Å²) >= 11 is 0. The largest absolute Gasteiger partial charge is 0.396 e. The third-order valence-electron chi connectivity index (χ3n) is 3.06. The molecule has 0 unspecified atom stereocenters. The van der Waals surface area contributed by atoms with Gasteiger partial charge in [0.05, 0.1) is 0 Å². The molecule has 0 saturated carbocycles. The Morgan fingerprint density at radius 1 is 1.00 bits per heavy atom. The summed E-state index contributed by atoms with van der Waals surface area (Å²) in [5.74, 6) is 0.799. The van der Waals surface area contributed by atoms with E-state index in [2.05, 4.69) is 0 Å². The normalized spacial score (nSPS) is 23.3. The average molecular weight is 230 g/mol. The maximum atomic E-state index is 10.1. The highest BCUT2D eigenvalue weighted by Gasteiger charge is 2.11. The zero-order chi connectivity index (χ0) is 11.6. The molecule has 94 valence electrons. The second kappa shape index (κ2) is 8.67. The van der Waals surface area contributed by atoms with Gasteiger partial charge in [-0.3, -0.25) is 0 Å². The average Bonchev–Trinajstić information content (AvgIpc) is 2.41. The first kappa shape index (κ1) is 13.6. The lowest BCUT2D eigenvalue weighted by atomic mass is 10.0. The van der Waals surface area contributed by atoms with Crippen LogP contribution >= 0.6 is 0 Å². The van der Waals surface area contributed by atoms with Crippen LogP contribution in [0.4, 0.5) is 0 Å². The van der Waals surface area contributed by atoms with Crippen molar-refractivity contribution in [2.24, 2.45) is 11.8 Å². The first-order valence-electron chi connectivity index (χ1n) is 6.08. The predicted molar refractivity (Wildman–Crippen MR) is 60.2 cm³/mol. The molecule has 2 fully saturated rings. The Balaban J connectivity index is 0.000000160. The van der Waals surface area contributed by atoms with Crippen LogP contribution in [0.5, 0.6) is 0 Å². The number of aliphatic hydroxyl groups is 1. The highest BCUT2D eigenvalue weighted by atomic mass is 16.5. The molecule has 4 heteroatoms. The highest BCUT2D eigenvalue weighted by Crippen LogP contribution is 2.12. The number of carbonyl (C=O) groups is 1. The molecule has 2 rings (SSSR count). The van der Waals surface area contributed by atoms with Crippen LogP contribution in [0.3, 0.4) is 0 Å². The van der Waals surface area contributed by atoms with Gasteiger partial charge in [0.1, 0.15) is 6.29 Å². The summed E-state index contributed by atoms with van der Waals surface area (Å²) in [5, 5.41) is 8.64. The molecule has 2 aliphatic rings. The van der Waals surface area contributed by atoms with Crippen LogP contribution in [0.2, 0.25) is 0 Å². The summed E-state index contributed by atoms with van der Waals surface area (Å²) in [4.78, 5) is 10.1. The first-order chi connectivity index (χ1) is 7.86. The van der Waals surface area contributed by atoms with E-state index in [-0.39, 0.29) is 5.92 Å². The van der Waals surface area contributed by atoms with Crippen molar-refractivity contribution < 1.29 is 19.4 Å². The van der Waals surface area contributed by atoms with E-state index in [4.69, 9.17) is 14.6 Å². The fourth-order valence-corrected chi connectivity index (χ4v) is 1.78. The summed E-state index contributed by atoms with van der Waals surface area (Å²) < 4.78 is 10.1. The molecule has 4 nitrogen and oxygen atoms in total. The van der Waals surface area contributed by atoms with Crippen molar-refractivity contribution >= 4 is 6.29 Å². The van der Waals surface area contributed by atoms with E-state index in [1.54, 1.807) is 0 Å². The molecule has 0 aromatic heterocycles. The molecule has 0 aromatic rings. The lowest BCUT2D eigenvalue weighted by Crippen LogP contribution is -2.18. The van der Waals surface area contributed by atoms with Gasteiger partial charge in [-0.2, -0.15) is 0 Å². The molecule has 0 aromatic carbocycles. The predicted octanol–water partition coefficient (Wildman–Crippen LogP) is 1.02. The number of carbonyl (C=O) groups excluding carboxylic acids is 1. The van der Waals surface area contributed by atoms with Crippen molar-refractivity contribution in [1.29, 1.82) is 0 Å². The van der Waals surface area contributed by atoms with Gasteiger partial charge in [0.25, 0.3) is 0 Å². The molecule has 0 amide bonds. The minimum atomic E-state index is 0.281. The van der Waals surface area contributed by atoms with Gasteiger partial charge in [-0.05, 0) is 31.6 Å². The van der Waals surface area contributed by atoms with Crippen LogP contribution in [-0.4, -0.2) is 44.4 Å². The minimum Gasteiger partial charge on any atom is -0.396 e. The molecular weight excluding hydrogens is 208 g/mol. The van der Waals surface area contributed by atoms with E-state index in [1.165, 1.54) is 0 Å². The van der Waals surface area contributed by atoms with E-state index in [0.29, 0.717) is 12.5 Å². The van der Waals surface area contributed by atoms with Crippen LogP contribution in [0.25, 0.3) is 0 Å². The fourth-order valence-electron chi connectivity index (χ4n) is 1.78. The van der Waals surface area contributed by atoms with E-state index in [1.807, 2.05) is 0 Å². The van der Waals surface area contributed by atoms with Crippen molar-refractivity contribution in [2.45, 2.75) is 25.7 Å². The monoisotopic (exact) mass is 230 g/mol. The summed E-state index contributed by atoms with van der Waals surface area (Å²) in [6.45, 7) is 3.55. The topological polar surface area (TPSA) is 55.8 Å². The van der Waals surface area contributed by atoms with Gasteiger partial charge >= 0.3 is 0 Å². The van der Waals surface area contributed by atoms with Gasteiger partial charge in [-0.1, -0.05) is 0 Å². The SMILES string of the molecule is O=CC1CCOCC1.OCC1CCOCC1.